The Morgan fingerprint density at radius 3 is 1.47 bits per heavy atom. The van der Waals surface area contributed by atoms with Crippen molar-refractivity contribution < 1.29 is 27.4 Å². The molecule has 0 aromatic heterocycles. The Hall–Kier alpha value is 1.11. The van der Waals surface area contributed by atoms with Crippen molar-refractivity contribution in [2.45, 2.75) is 32.1 Å². The molecule has 0 aromatic carbocycles. The number of nitrogens with one attached hydrogen (secondary N) is 2. The van der Waals surface area contributed by atoms with Crippen molar-refractivity contribution in [3.63, 3.8) is 0 Å². The maximum Gasteiger partial charge on any atom is -0.0509 e. The summed E-state index contributed by atoms with van der Waals surface area (Å²) in [4.78, 5) is 0. The molecule has 15 heavy (non-hydrogen) atoms. The van der Waals surface area contributed by atoms with Gasteiger partial charge in [0.1, 0.15) is 0 Å². The van der Waals surface area contributed by atoms with E-state index in [1.165, 1.54) is 19.3 Å². The van der Waals surface area contributed by atoms with Crippen LogP contribution in [-0.2, 0) is 16.5 Å². The van der Waals surface area contributed by atoms with Crippen LogP contribution < -0.4 is 0 Å². The zero-order chi connectivity index (χ0) is 10.2. The van der Waals surface area contributed by atoms with Gasteiger partial charge in [-0.1, -0.05) is 37.5 Å². The first kappa shape index (κ1) is 21.4. The molecule has 0 unspecified atom stereocenters. The molecule has 0 bridgehead atoms. The molecule has 0 atom stereocenters. The molecule has 1 rings (SSSR count). The largest absolute Gasteiger partial charge is 0.677 e. The Labute approximate surface area is 108 Å². The van der Waals surface area contributed by atoms with Gasteiger partial charge in [-0.05, 0) is 0 Å². The molecule has 0 spiro atoms. The first-order valence-corrected chi connectivity index (χ1v) is 9.99. The van der Waals surface area contributed by atoms with E-state index >= 15 is 0 Å². The second kappa shape index (κ2) is 13.2. The van der Waals surface area contributed by atoms with Crippen LogP contribution in [0.1, 0.15) is 32.1 Å². The van der Waals surface area contributed by atoms with Gasteiger partial charge in [0.05, 0.1) is 0 Å². The molecular weight excluding hydrogens is 422 g/mol. The van der Waals surface area contributed by atoms with Gasteiger partial charge in [-0.3, -0.25) is 0 Å². The number of hydrogen-bond acceptors (Lipinski definition) is 0. The van der Waals surface area contributed by atoms with Crippen LogP contribution in [0.15, 0.2) is 0 Å². The van der Waals surface area contributed by atoms with Crippen LogP contribution in [0.25, 0.3) is 11.5 Å². The summed E-state index contributed by atoms with van der Waals surface area (Å²) in [7, 11) is 9.75. The molecule has 0 saturated heterocycles. The molecule has 0 radical (unpaired) electrons. The van der Waals surface area contributed by atoms with Crippen LogP contribution in [-0.4, -0.2) is 24.0 Å². The summed E-state index contributed by atoms with van der Waals surface area (Å²) in [5.41, 5.74) is 14.7. The summed E-state index contributed by atoms with van der Waals surface area (Å²) < 4.78 is 0. The minimum absolute atomic E-state index is 0. The molecular formula is C8H20Cl2N2O2Pt. The van der Waals surface area contributed by atoms with Crippen LogP contribution in [0.3, 0.4) is 0 Å². The summed E-state index contributed by atoms with van der Waals surface area (Å²) in [5.74, 6) is 0. The van der Waals surface area contributed by atoms with Crippen molar-refractivity contribution in [1.82, 2.24) is 0 Å². The van der Waals surface area contributed by atoms with Crippen LogP contribution in [0.4, 0.5) is 0 Å². The van der Waals surface area contributed by atoms with E-state index in [4.69, 9.17) is 30.3 Å². The second-order valence-corrected chi connectivity index (χ2v) is 6.74. The zero-order valence-corrected chi connectivity index (χ0v) is 12.3. The SMILES string of the molecule is O.O.[Cl][Pt+2][Cl].[NH-]CC1(C[NH-])CCCCC1. The Balaban J connectivity index is -0.000000260. The monoisotopic (exact) mass is 441 g/mol. The van der Waals surface area contributed by atoms with Crippen molar-refractivity contribution >= 4 is 18.8 Å². The van der Waals surface area contributed by atoms with Gasteiger partial charge in [0.15, 0.2) is 0 Å². The van der Waals surface area contributed by atoms with E-state index in [-0.39, 0.29) is 16.4 Å². The summed E-state index contributed by atoms with van der Waals surface area (Å²) in [6, 6.07) is 0. The van der Waals surface area contributed by atoms with Gasteiger partial charge in [-0.15, -0.1) is 13.1 Å². The van der Waals surface area contributed by atoms with Crippen molar-refractivity contribution in [1.29, 1.82) is 0 Å². The van der Waals surface area contributed by atoms with Crippen LogP contribution in [0, 0.1) is 5.41 Å². The Morgan fingerprint density at radius 1 is 0.933 bits per heavy atom. The van der Waals surface area contributed by atoms with Gasteiger partial charge < -0.3 is 22.4 Å². The average Bonchev–Trinajstić information content (AvgIpc) is 2.20. The molecule has 1 fully saturated rings. The van der Waals surface area contributed by atoms with Crippen molar-refractivity contribution in [3.05, 3.63) is 11.5 Å². The second-order valence-electron chi connectivity index (χ2n) is 3.46. The van der Waals surface area contributed by atoms with Gasteiger partial charge >= 0.3 is 35.3 Å². The van der Waals surface area contributed by atoms with E-state index in [1.807, 2.05) is 0 Å². The fraction of sp³-hybridized carbons (Fsp3) is 1.00. The van der Waals surface area contributed by atoms with Gasteiger partial charge in [-0.25, -0.2) is 0 Å². The molecule has 7 heteroatoms. The van der Waals surface area contributed by atoms with E-state index in [0.29, 0.717) is 13.1 Å². The van der Waals surface area contributed by atoms with E-state index in [1.54, 1.807) is 0 Å². The van der Waals surface area contributed by atoms with E-state index in [9.17, 15) is 0 Å². The van der Waals surface area contributed by atoms with E-state index in [2.05, 4.69) is 0 Å². The molecule has 6 N–H and O–H groups in total. The Morgan fingerprint density at radius 2 is 1.27 bits per heavy atom. The van der Waals surface area contributed by atoms with Crippen molar-refractivity contribution in [2.75, 3.05) is 13.1 Å². The third-order valence-corrected chi connectivity index (χ3v) is 2.66. The van der Waals surface area contributed by atoms with Crippen molar-refractivity contribution in [2.24, 2.45) is 5.41 Å². The Bertz CT molecular complexity index is 121. The summed E-state index contributed by atoms with van der Waals surface area (Å²) >= 11 is -0.472. The fourth-order valence-electron chi connectivity index (χ4n) is 1.72. The summed E-state index contributed by atoms with van der Waals surface area (Å²) in [5, 5.41) is 0. The molecule has 1 saturated carbocycles. The maximum atomic E-state index is 7.33. The Kier molecular flexibility index (Phi) is 18.8. The van der Waals surface area contributed by atoms with E-state index < -0.39 is 16.5 Å². The average molecular weight is 442 g/mol. The molecule has 1 aliphatic rings. The van der Waals surface area contributed by atoms with Crippen LogP contribution in [0.2, 0.25) is 0 Å². The first-order chi connectivity index (χ1) is 6.24. The standard InChI is InChI=1S/C8H16N2.2ClH.2H2O.Pt/c9-6-8(7-10)4-2-1-3-5-8;;;;;/h9-10H,1-7H2;2*1H;2*1H2;/q-2;;;;;+4/p-2. The third kappa shape index (κ3) is 8.87. The summed E-state index contributed by atoms with van der Waals surface area (Å²) in [6.07, 6.45) is 6.07. The predicted octanol–water partition coefficient (Wildman–Crippen LogP) is 2.77. The zero-order valence-electron chi connectivity index (χ0n) is 8.52. The van der Waals surface area contributed by atoms with E-state index in [0.717, 1.165) is 12.8 Å². The maximum absolute atomic E-state index is 7.33. The summed E-state index contributed by atoms with van der Waals surface area (Å²) in [6.45, 7) is 0.938. The van der Waals surface area contributed by atoms with Gasteiger partial charge in [0.2, 0.25) is 0 Å². The number of hydrogen-bond donors (Lipinski definition) is 0. The third-order valence-electron chi connectivity index (χ3n) is 2.66. The fourth-order valence-corrected chi connectivity index (χ4v) is 1.72. The van der Waals surface area contributed by atoms with Crippen LogP contribution >= 0.6 is 18.8 Å². The molecule has 0 heterocycles. The quantitative estimate of drug-likeness (QED) is 0.627. The first-order valence-electron chi connectivity index (χ1n) is 4.36. The molecule has 4 nitrogen and oxygen atoms in total. The normalized spacial score (nSPS) is 17.9. The molecule has 0 aliphatic heterocycles. The minimum Gasteiger partial charge on any atom is -0.677 e. The molecule has 1 aliphatic carbocycles. The molecule has 0 aromatic rings. The number of rotatable bonds is 2. The predicted molar refractivity (Wildman–Crippen MR) is 62.8 cm³/mol. The smallest absolute Gasteiger partial charge is 0.0509 e. The van der Waals surface area contributed by atoms with Gasteiger partial charge in [-0.2, -0.15) is 0 Å². The minimum atomic E-state index is -0.472. The van der Waals surface area contributed by atoms with Crippen molar-refractivity contribution in [3.8, 4) is 0 Å². The van der Waals surface area contributed by atoms with Gasteiger partial charge in [0, 0.05) is 0 Å². The van der Waals surface area contributed by atoms with Gasteiger partial charge in [0.25, 0.3) is 0 Å². The van der Waals surface area contributed by atoms with Crippen LogP contribution in [0.5, 0.6) is 0 Å². The number of halogens is 2. The molecule has 0 amide bonds. The topological polar surface area (TPSA) is 111 Å². The molecule has 98 valence electrons.